The predicted molar refractivity (Wildman–Crippen MR) is 199 cm³/mol. The van der Waals surface area contributed by atoms with Gasteiger partial charge in [-0.25, -0.2) is 0 Å². The van der Waals surface area contributed by atoms with E-state index in [1.165, 1.54) is 11.1 Å². The Balaban J connectivity index is 0.000000194. The number of benzene rings is 2. The van der Waals surface area contributed by atoms with E-state index in [1.54, 1.807) is 19.6 Å². The molecule has 2 aliphatic heterocycles. The van der Waals surface area contributed by atoms with Crippen LogP contribution in [0.2, 0.25) is 0 Å². The van der Waals surface area contributed by atoms with Crippen molar-refractivity contribution in [3.63, 3.8) is 0 Å². The second-order valence-corrected chi connectivity index (χ2v) is 17.7. The molecule has 4 aliphatic rings. The molecule has 6 rings (SSSR count). The zero-order valence-electron chi connectivity index (χ0n) is 32.6. The second kappa shape index (κ2) is 11.7. The zero-order chi connectivity index (χ0) is 37.6. The van der Waals surface area contributed by atoms with Gasteiger partial charge in [0.2, 0.25) is 0 Å². The van der Waals surface area contributed by atoms with Gasteiger partial charge in [-0.3, -0.25) is 38.8 Å². The molecule has 8 heteroatoms. The van der Waals surface area contributed by atoms with Gasteiger partial charge in [-0.05, 0) is 118 Å². The van der Waals surface area contributed by atoms with Crippen LogP contribution in [-0.2, 0) is 19.2 Å². The Morgan fingerprint density at radius 2 is 0.640 bits per heavy atom. The maximum absolute atomic E-state index is 13.0. The van der Waals surface area contributed by atoms with E-state index in [2.05, 4.69) is 38.1 Å². The van der Waals surface area contributed by atoms with Crippen LogP contribution in [0.4, 0.5) is 0 Å². The summed E-state index contributed by atoms with van der Waals surface area (Å²) in [6.45, 7) is 28.2. The lowest BCUT2D eigenvalue weighted by Crippen LogP contribution is -2.58. The lowest BCUT2D eigenvalue weighted by molar-refractivity contribution is -0.146. The first-order valence-electron chi connectivity index (χ1n) is 17.9. The molecule has 0 unspecified atom stereocenters. The maximum atomic E-state index is 13.0. The van der Waals surface area contributed by atoms with Gasteiger partial charge < -0.3 is 0 Å². The fourth-order valence-electron chi connectivity index (χ4n) is 8.75. The monoisotopic (exact) mass is 680 g/mol. The van der Waals surface area contributed by atoms with Crippen LogP contribution in [0.3, 0.4) is 0 Å². The van der Waals surface area contributed by atoms with Crippen LogP contribution < -0.4 is 0 Å². The first kappa shape index (κ1) is 37.1. The van der Waals surface area contributed by atoms with E-state index in [9.17, 15) is 19.2 Å². The average molecular weight is 681 g/mol. The second-order valence-electron chi connectivity index (χ2n) is 17.7. The first-order valence-corrected chi connectivity index (χ1v) is 17.9. The standard InChI is InChI=1S/2C21H28N2O2/c2*1-8-15-16(14-12-10-9-11-13-14)21(15)22(19(2,3)4)17(24)18(25)23(21)20(5,6)7/h2*9-13H,8H2,1-7H3. The molecule has 0 bridgehead atoms. The summed E-state index contributed by atoms with van der Waals surface area (Å²) in [5.74, 6) is -1.61. The van der Waals surface area contributed by atoms with E-state index in [4.69, 9.17) is 0 Å². The Morgan fingerprint density at radius 3 is 0.820 bits per heavy atom. The van der Waals surface area contributed by atoms with Gasteiger partial charge in [0, 0.05) is 33.3 Å². The van der Waals surface area contributed by atoms with Gasteiger partial charge in [-0.15, -0.1) is 0 Å². The summed E-state index contributed by atoms with van der Waals surface area (Å²) in [7, 11) is 0. The molecule has 268 valence electrons. The molecule has 2 aromatic rings. The van der Waals surface area contributed by atoms with E-state index in [-0.39, 0.29) is 0 Å². The summed E-state index contributed by atoms with van der Waals surface area (Å²) in [4.78, 5) is 59.2. The average Bonchev–Trinajstić information content (AvgIpc) is 3.78. The van der Waals surface area contributed by atoms with Crippen LogP contribution in [0.15, 0.2) is 71.8 Å². The summed E-state index contributed by atoms with van der Waals surface area (Å²) >= 11 is 0. The molecular formula is C42H56N4O4. The van der Waals surface area contributed by atoms with E-state index >= 15 is 0 Å². The van der Waals surface area contributed by atoms with Gasteiger partial charge in [0.1, 0.15) is 0 Å². The largest absolute Gasteiger partial charge is 0.315 e. The quantitative estimate of drug-likeness (QED) is 0.311. The Hall–Kier alpha value is -4.20. The van der Waals surface area contributed by atoms with Gasteiger partial charge in [-0.1, -0.05) is 74.5 Å². The normalized spacial score (nSPS) is 20.1. The van der Waals surface area contributed by atoms with Crippen molar-refractivity contribution >= 4 is 34.8 Å². The highest BCUT2D eigenvalue weighted by atomic mass is 16.2. The van der Waals surface area contributed by atoms with Gasteiger partial charge in [-0.2, -0.15) is 0 Å². The highest BCUT2D eigenvalue weighted by Crippen LogP contribution is 2.65. The van der Waals surface area contributed by atoms with E-state index < -0.39 is 57.1 Å². The number of hydrogen-bond donors (Lipinski definition) is 0. The van der Waals surface area contributed by atoms with E-state index in [1.807, 2.05) is 119 Å². The van der Waals surface area contributed by atoms with Crippen molar-refractivity contribution in [1.29, 1.82) is 0 Å². The Morgan fingerprint density at radius 1 is 0.420 bits per heavy atom. The fraction of sp³-hybridized carbons (Fsp3) is 0.524. The highest BCUT2D eigenvalue weighted by molar-refractivity contribution is 6.40. The van der Waals surface area contributed by atoms with Crippen LogP contribution in [0.1, 0.15) is 121 Å². The molecule has 4 amide bonds. The summed E-state index contributed by atoms with van der Waals surface area (Å²) in [5, 5.41) is 0. The van der Waals surface area contributed by atoms with Gasteiger partial charge in [0.25, 0.3) is 0 Å². The molecule has 2 saturated heterocycles. The summed E-state index contributed by atoms with van der Waals surface area (Å²) in [5.41, 5.74) is 3.47. The van der Waals surface area contributed by atoms with Gasteiger partial charge in [0.05, 0.1) is 0 Å². The van der Waals surface area contributed by atoms with Crippen molar-refractivity contribution < 1.29 is 19.2 Å². The summed E-state index contributed by atoms with van der Waals surface area (Å²) in [6, 6.07) is 20.2. The fourth-order valence-corrected chi connectivity index (χ4v) is 8.75. The van der Waals surface area contributed by atoms with Crippen molar-refractivity contribution in [3.8, 4) is 0 Å². The van der Waals surface area contributed by atoms with E-state index in [0.717, 1.165) is 35.1 Å². The molecule has 0 atom stereocenters. The zero-order valence-corrected chi connectivity index (χ0v) is 32.6. The summed E-state index contributed by atoms with van der Waals surface area (Å²) < 4.78 is 0. The van der Waals surface area contributed by atoms with Crippen molar-refractivity contribution in [2.75, 3.05) is 0 Å². The SMILES string of the molecule is CCC1=C(c2ccccc2)C12N(C(C)(C)C)C(=O)C(=O)N2C(C)(C)C.CCC1=C(c2ccccc2)C12N(C(C)(C)C)C(=O)C(=O)N2C(C)(C)C. The third-order valence-corrected chi connectivity index (χ3v) is 10.0. The van der Waals surface area contributed by atoms with Crippen LogP contribution in [-0.4, -0.2) is 76.7 Å². The number of hydrogen-bond acceptors (Lipinski definition) is 4. The number of amides is 4. The molecule has 0 N–H and O–H groups in total. The third-order valence-electron chi connectivity index (χ3n) is 10.0. The molecule has 0 aromatic heterocycles. The number of rotatable bonds is 4. The van der Waals surface area contributed by atoms with Crippen molar-refractivity contribution in [1.82, 2.24) is 19.6 Å². The van der Waals surface area contributed by atoms with E-state index in [0.29, 0.717) is 0 Å². The Kier molecular flexibility index (Phi) is 8.65. The minimum atomic E-state index is -0.721. The Labute approximate surface area is 299 Å². The van der Waals surface area contributed by atoms with Crippen molar-refractivity contribution in [2.45, 2.75) is 143 Å². The molecule has 2 aliphatic carbocycles. The minimum Gasteiger partial charge on any atom is -0.298 e. The van der Waals surface area contributed by atoms with Crippen molar-refractivity contribution in [3.05, 3.63) is 82.9 Å². The lowest BCUT2D eigenvalue weighted by atomic mass is 9.97. The molecule has 8 nitrogen and oxygen atoms in total. The smallest absolute Gasteiger partial charge is 0.298 e. The van der Waals surface area contributed by atoms with Crippen LogP contribution in [0.5, 0.6) is 0 Å². The highest BCUT2D eigenvalue weighted by Gasteiger charge is 2.74. The molecular weight excluding hydrogens is 624 g/mol. The molecule has 2 spiro atoms. The topological polar surface area (TPSA) is 81.2 Å². The minimum absolute atomic E-state index is 0.403. The molecule has 50 heavy (non-hydrogen) atoms. The van der Waals surface area contributed by atoms with Crippen molar-refractivity contribution in [2.24, 2.45) is 0 Å². The van der Waals surface area contributed by atoms with Crippen LogP contribution in [0.25, 0.3) is 11.1 Å². The number of carbonyl (C=O) groups is 4. The molecule has 2 aromatic carbocycles. The van der Waals surface area contributed by atoms with Gasteiger partial charge >= 0.3 is 23.6 Å². The lowest BCUT2D eigenvalue weighted by Gasteiger charge is -2.45. The van der Waals surface area contributed by atoms with Crippen LogP contribution >= 0.6 is 0 Å². The molecule has 2 heterocycles. The van der Waals surface area contributed by atoms with Gasteiger partial charge in [0.15, 0.2) is 11.3 Å². The van der Waals surface area contributed by atoms with Crippen LogP contribution in [0, 0.1) is 0 Å². The molecule has 0 radical (unpaired) electrons. The number of nitrogens with zero attached hydrogens (tertiary/aromatic N) is 4. The molecule has 0 saturated carbocycles. The maximum Gasteiger partial charge on any atom is 0.315 e. The molecule has 2 fully saturated rings. The number of carbonyl (C=O) groups excluding carboxylic acids is 4. The predicted octanol–water partition coefficient (Wildman–Crippen LogP) is 7.66. The Bertz CT molecular complexity index is 1600. The summed E-state index contributed by atoms with van der Waals surface area (Å²) in [6.07, 6.45) is 1.62. The first-order chi connectivity index (χ1) is 23.0. The third kappa shape index (κ3) is 5.24.